The molecule has 2 aromatic rings. The Kier molecular flexibility index (Phi) is 6.18. The second-order valence-corrected chi connectivity index (χ2v) is 8.34. The highest BCUT2D eigenvalue weighted by molar-refractivity contribution is 7.89. The van der Waals surface area contributed by atoms with Gasteiger partial charge in [-0.25, -0.2) is 21.6 Å². The van der Waals surface area contributed by atoms with Gasteiger partial charge in [-0.1, -0.05) is 11.6 Å². The van der Waals surface area contributed by atoms with Gasteiger partial charge < -0.3 is 5.32 Å². The highest BCUT2D eigenvalue weighted by Crippen LogP contribution is 2.26. The molecule has 0 heterocycles. The molecule has 0 spiro atoms. The predicted octanol–water partition coefficient (Wildman–Crippen LogP) is 4.04. The van der Waals surface area contributed by atoms with E-state index in [1.807, 2.05) is 0 Å². The van der Waals surface area contributed by atoms with Crippen molar-refractivity contribution >= 4 is 33.2 Å². The topological polar surface area (TPSA) is 66.5 Å². The largest absolute Gasteiger partial charge is 0.319 e. The number of benzene rings is 2. The lowest BCUT2D eigenvalue weighted by Gasteiger charge is -2.21. The van der Waals surface area contributed by atoms with E-state index in [4.69, 9.17) is 11.6 Å². The SMILES string of the molecule is CC(C)N(C)S(=O)(=O)c1ccc(Cl)c(C(=O)Nc2ccc(F)c(F)c2F)c1. The molecule has 0 saturated heterocycles. The van der Waals surface area contributed by atoms with Crippen LogP contribution in [0.3, 0.4) is 0 Å². The Bertz CT molecular complexity index is 997. The average Bonchev–Trinajstić information content (AvgIpc) is 2.61. The van der Waals surface area contributed by atoms with Crippen molar-refractivity contribution in [2.45, 2.75) is 24.8 Å². The molecule has 27 heavy (non-hydrogen) atoms. The van der Waals surface area contributed by atoms with Gasteiger partial charge in [-0.3, -0.25) is 4.79 Å². The summed E-state index contributed by atoms with van der Waals surface area (Å²) in [6.45, 7) is 3.35. The average molecular weight is 421 g/mol. The molecule has 146 valence electrons. The summed E-state index contributed by atoms with van der Waals surface area (Å²) in [6, 6.07) is 4.62. The molecular formula is C17H16ClF3N2O3S. The van der Waals surface area contributed by atoms with Gasteiger partial charge in [0.2, 0.25) is 10.0 Å². The van der Waals surface area contributed by atoms with Crippen LogP contribution in [-0.2, 0) is 10.0 Å². The molecule has 2 aromatic carbocycles. The van der Waals surface area contributed by atoms with Gasteiger partial charge in [-0.05, 0) is 44.2 Å². The Morgan fingerprint density at radius 1 is 1.11 bits per heavy atom. The van der Waals surface area contributed by atoms with Gasteiger partial charge in [0.25, 0.3) is 5.91 Å². The van der Waals surface area contributed by atoms with Gasteiger partial charge in [0.1, 0.15) is 0 Å². The molecular weight excluding hydrogens is 405 g/mol. The van der Waals surface area contributed by atoms with E-state index in [0.717, 1.165) is 16.4 Å². The maximum absolute atomic E-state index is 13.7. The van der Waals surface area contributed by atoms with Gasteiger partial charge in [-0.2, -0.15) is 4.31 Å². The highest BCUT2D eigenvalue weighted by atomic mass is 35.5. The minimum absolute atomic E-state index is 0.0957. The van der Waals surface area contributed by atoms with E-state index in [0.29, 0.717) is 6.07 Å². The quantitative estimate of drug-likeness (QED) is 0.742. The summed E-state index contributed by atoms with van der Waals surface area (Å²) in [5.74, 6) is -5.71. The number of hydrogen-bond acceptors (Lipinski definition) is 3. The molecule has 0 radical (unpaired) electrons. The summed E-state index contributed by atoms with van der Waals surface area (Å²) in [6.07, 6.45) is 0. The van der Waals surface area contributed by atoms with E-state index < -0.39 is 39.1 Å². The summed E-state index contributed by atoms with van der Waals surface area (Å²) in [5, 5.41) is 1.96. The summed E-state index contributed by atoms with van der Waals surface area (Å²) in [4.78, 5) is 12.2. The number of carbonyl (C=O) groups is 1. The van der Waals surface area contributed by atoms with Crippen LogP contribution in [0, 0.1) is 17.5 Å². The van der Waals surface area contributed by atoms with Crippen molar-refractivity contribution in [1.29, 1.82) is 0 Å². The van der Waals surface area contributed by atoms with Gasteiger partial charge in [0, 0.05) is 13.1 Å². The maximum atomic E-state index is 13.7. The summed E-state index contributed by atoms with van der Waals surface area (Å²) >= 11 is 5.95. The third-order valence-corrected chi connectivity index (χ3v) is 6.23. The number of halogens is 4. The fourth-order valence-electron chi connectivity index (χ4n) is 2.09. The number of sulfonamides is 1. The number of anilines is 1. The minimum Gasteiger partial charge on any atom is -0.319 e. The van der Waals surface area contributed by atoms with Crippen molar-refractivity contribution in [2.75, 3.05) is 12.4 Å². The lowest BCUT2D eigenvalue weighted by molar-refractivity contribution is 0.102. The van der Waals surface area contributed by atoms with Crippen molar-refractivity contribution in [1.82, 2.24) is 4.31 Å². The zero-order valence-electron chi connectivity index (χ0n) is 14.6. The first-order valence-corrected chi connectivity index (χ1v) is 9.51. The van der Waals surface area contributed by atoms with Gasteiger partial charge in [-0.15, -0.1) is 0 Å². The monoisotopic (exact) mass is 420 g/mol. The molecule has 0 unspecified atom stereocenters. The van der Waals surface area contributed by atoms with Crippen LogP contribution in [0.1, 0.15) is 24.2 Å². The lowest BCUT2D eigenvalue weighted by atomic mass is 10.2. The van der Waals surface area contributed by atoms with Crippen LogP contribution >= 0.6 is 11.6 Å². The van der Waals surface area contributed by atoms with Crippen LogP contribution in [0.25, 0.3) is 0 Å². The van der Waals surface area contributed by atoms with Crippen molar-refractivity contribution in [2.24, 2.45) is 0 Å². The van der Waals surface area contributed by atoms with Gasteiger partial charge in [0.05, 0.1) is 21.2 Å². The molecule has 0 atom stereocenters. The van der Waals surface area contributed by atoms with Crippen molar-refractivity contribution in [3.63, 3.8) is 0 Å². The van der Waals surface area contributed by atoms with Crippen LogP contribution in [0.2, 0.25) is 5.02 Å². The number of hydrogen-bond donors (Lipinski definition) is 1. The molecule has 0 aliphatic carbocycles. The van der Waals surface area contributed by atoms with E-state index in [9.17, 15) is 26.4 Å². The summed E-state index contributed by atoms with van der Waals surface area (Å²) in [7, 11) is -2.51. The Labute approximate surface area is 159 Å². The van der Waals surface area contributed by atoms with Crippen LogP contribution < -0.4 is 5.32 Å². The second kappa shape index (κ2) is 7.87. The fourth-order valence-corrected chi connectivity index (χ4v) is 3.69. The first-order valence-electron chi connectivity index (χ1n) is 7.69. The molecule has 1 amide bonds. The zero-order chi connectivity index (χ0) is 20.5. The first kappa shape index (κ1) is 21.2. The minimum atomic E-state index is -3.89. The predicted molar refractivity (Wildman–Crippen MR) is 95.8 cm³/mol. The maximum Gasteiger partial charge on any atom is 0.257 e. The molecule has 0 fully saturated rings. The van der Waals surface area contributed by atoms with Crippen molar-refractivity contribution < 1.29 is 26.4 Å². The standard InChI is InChI=1S/C17H16ClF3N2O3S/c1-9(2)23(3)27(25,26)10-4-5-12(18)11(8-10)17(24)22-14-7-6-13(19)15(20)16(14)21/h4-9H,1-3H3,(H,22,24). The number of amides is 1. The van der Waals surface area contributed by atoms with Gasteiger partial charge >= 0.3 is 0 Å². The van der Waals surface area contributed by atoms with E-state index in [1.165, 1.54) is 19.2 Å². The second-order valence-electron chi connectivity index (χ2n) is 5.93. The molecule has 0 aliphatic rings. The Morgan fingerprint density at radius 2 is 1.74 bits per heavy atom. The number of carbonyl (C=O) groups excluding carboxylic acids is 1. The molecule has 1 N–H and O–H groups in total. The van der Waals surface area contributed by atoms with Gasteiger partial charge in [0.15, 0.2) is 17.5 Å². The van der Waals surface area contributed by atoms with Crippen LogP contribution in [0.4, 0.5) is 18.9 Å². The van der Waals surface area contributed by atoms with Crippen LogP contribution in [0.15, 0.2) is 35.2 Å². The Balaban J connectivity index is 2.42. The zero-order valence-corrected chi connectivity index (χ0v) is 16.1. The molecule has 0 aromatic heterocycles. The van der Waals surface area contributed by atoms with E-state index >= 15 is 0 Å². The third kappa shape index (κ3) is 4.26. The fraction of sp³-hybridized carbons (Fsp3) is 0.235. The summed E-state index contributed by atoms with van der Waals surface area (Å²) < 4.78 is 66.2. The number of nitrogens with one attached hydrogen (secondary N) is 1. The van der Waals surface area contributed by atoms with Crippen molar-refractivity contribution in [3.8, 4) is 0 Å². The molecule has 2 rings (SSSR count). The molecule has 10 heteroatoms. The Morgan fingerprint density at radius 3 is 2.33 bits per heavy atom. The van der Waals surface area contributed by atoms with E-state index in [1.54, 1.807) is 13.8 Å². The normalized spacial score (nSPS) is 11.9. The molecule has 5 nitrogen and oxygen atoms in total. The third-order valence-electron chi connectivity index (χ3n) is 3.87. The highest BCUT2D eigenvalue weighted by Gasteiger charge is 2.25. The van der Waals surface area contributed by atoms with E-state index in [-0.39, 0.29) is 21.5 Å². The van der Waals surface area contributed by atoms with Crippen LogP contribution in [-0.4, -0.2) is 31.7 Å². The smallest absolute Gasteiger partial charge is 0.257 e. The molecule has 0 bridgehead atoms. The number of rotatable bonds is 5. The molecule has 0 aliphatic heterocycles. The van der Waals surface area contributed by atoms with E-state index in [2.05, 4.69) is 5.32 Å². The Hall–Kier alpha value is -2.10. The number of nitrogens with zero attached hydrogens (tertiary/aromatic N) is 1. The molecule has 0 saturated carbocycles. The lowest BCUT2D eigenvalue weighted by Crippen LogP contribution is -2.33. The van der Waals surface area contributed by atoms with Crippen LogP contribution in [0.5, 0.6) is 0 Å². The van der Waals surface area contributed by atoms with Crippen molar-refractivity contribution in [3.05, 3.63) is 58.4 Å². The first-order chi connectivity index (χ1) is 12.5. The summed E-state index contributed by atoms with van der Waals surface area (Å²) in [5.41, 5.74) is -0.874.